The standard InChI is InChI=1S/C15H23ClN4S/c1-4-5-7-20(3)15-17-13(16)12-10-6-8-19(2)9-11(10)21-14(12)18-15/h10-11H,4-9H2,1-3H3. The van der Waals surface area contributed by atoms with Gasteiger partial charge in [-0.3, -0.25) is 0 Å². The van der Waals surface area contributed by atoms with Crippen molar-refractivity contribution in [3.63, 3.8) is 0 Å². The summed E-state index contributed by atoms with van der Waals surface area (Å²) >= 11 is 8.39. The van der Waals surface area contributed by atoms with Crippen LogP contribution in [0.25, 0.3) is 0 Å². The number of aromatic nitrogens is 2. The van der Waals surface area contributed by atoms with Gasteiger partial charge in [0.2, 0.25) is 5.95 Å². The molecule has 2 aliphatic rings. The Labute approximate surface area is 136 Å². The molecule has 6 heteroatoms. The average Bonchev–Trinajstić information content (AvgIpc) is 2.82. The first-order chi connectivity index (χ1) is 10.1. The van der Waals surface area contributed by atoms with Crippen LogP contribution in [0.2, 0.25) is 5.15 Å². The van der Waals surface area contributed by atoms with Gasteiger partial charge >= 0.3 is 0 Å². The Hall–Kier alpha value is -0.520. The predicted molar refractivity (Wildman–Crippen MR) is 89.7 cm³/mol. The largest absolute Gasteiger partial charge is 0.344 e. The Morgan fingerprint density at radius 2 is 2.24 bits per heavy atom. The van der Waals surface area contributed by atoms with Crippen molar-refractivity contribution < 1.29 is 0 Å². The molecule has 0 spiro atoms. The van der Waals surface area contributed by atoms with Gasteiger partial charge in [-0.1, -0.05) is 24.9 Å². The maximum absolute atomic E-state index is 6.50. The van der Waals surface area contributed by atoms with Gasteiger partial charge in [-0.05, 0) is 26.4 Å². The van der Waals surface area contributed by atoms with E-state index in [0.29, 0.717) is 16.3 Å². The summed E-state index contributed by atoms with van der Waals surface area (Å²) in [5.74, 6) is 1.30. The van der Waals surface area contributed by atoms with Crippen LogP contribution in [0.4, 0.5) is 5.95 Å². The molecule has 3 rings (SSSR count). The van der Waals surface area contributed by atoms with Gasteiger partial charge in [0.1, 0.15) is 10.2 Å². The fourth-order valence-electron chi connectivity index (χ4n) is 3.14. The van der Waals surface area contributed by atoms with Crippen molar-refractivity contribution in [3.05, 3.63) is 10.7 Å². The van der Waals surface area contributed by atoms with Gasteiger partial charge in [0.15, 0.2) is 0 Å². The topological polar surface area (TPSA) is 32.3 Å². The summed E-state index contributed by atoms with van der Waals surface area (Å²) in [5.41, 5.74) is 1.20. The van der Waals surface area contributed by atoms with Gasteiger partial charge in [0.25, 0.3) is 0 Å². The molecule has 0 radical (unpaired) electrons. The van der Waals surface area contributed by atoms with Gasteiger partial charge in [-0.15, -0.1) is 11.8 Å². The Balaban J connectivity index is 1.85. The highest BCUT2D eigenvalue weighted by molar-refractivity contribution is 8.00. The van der Waals surface area contributed by atoms with Gasteiger partial charge in [0.05, 0.1) is 0 Å². The van der Waals surface area contributed by atoms with Gasteiger partial charge in [0, 0.05) is 36.9 Å². The predicted octanol–water partition coefficient (Wildman–Crippen LogP) is 3.26. The molecule has 1 aromatic rings. The van der Waals surface area contributed by atoms with Crippen LogP contribution in [0, 0.1) is 0 Å². The van der Waals surface area contributed by atoms with E-state index in [9.17, 15) is 0 Å². The second-order valence-electron chi connectivity index (χ2n) is 6.12. The van der Waals surface area contributed by atoms with E-state index in [2.05, 4.69) is 28.8 Å². The summed E-state index contributed by atoms with van der Waals surface area (Å²) in [6.07, 6.45) is 3.49. The fourth-order valence-corrected chi connectivity index (χ4v) is 5.07. The molecule has 116 valence electrons. The molecule has 2 unspecified atom stereocenters. The third kappa shape index (κ3) is 3.01. The van der Waals surface area contributed by atoms with Crippen LogP contribution in [0.3, 0.4) is 0 Å². The van der Waals surface area contributed by atoms with E-state index in [0.717, 1.165) is 43.5 Å². The third-order valence-electron chi connectivity index (χ3n) is 4.44. The summed E-state index contributed by atoms with van der Waals surface area (Å²) in [6.45, 7) is 5.42. The number of hydrogen-bond donors (Lipinski definition) is 0. The van der Waals surface area contributed by atoms with E-state index in [1.165, 1.54) is 12.0 Å². The third-order valence-corrected chi connectivity index (χ3v) is 6.04. The first-order valence-corrected chi connectivity index (χ1v) is 8.99. The maximum Gasteiger partial charge on any atom is 0.227 e. The van der Waals surface area contributed by atoms with Crippen LogP contribution >= 0.6 is 23.4 Å². The van der Waals surface area contributed by atoms with Crippen molar-refractivity contribution in [1.82, 2.24) is 14.9 Å². The molecule has 2 aliphatic heterocycles. The number of likely N-dealkylation sites (tertiary alicyclic amines) is 1. The summed E-state index contributed by atoms with van der Waals surface area (Å²) in [4.78, 5) is 13.9. The van der Waals surface area contributed by atoms with Crippen molar-refractivity contribution in [1.29, 1.82) is 0 Å². The lowest BCUT2D eigenvalue weighted by Crippen LogP contribution is -2.36. The minimum atomic E-state index is 0.531. The number of halogens is 1. The van der Waals surface area contributed by atoms with Crippen LogP contribution in [0.15, 0.2) is 5.03 Å². The van der Waals surface area contributed by atoms with Crippen molar-refractivity contribution in [2.45, 2.75) is 42.4 Å². The summed E-state index contributed by atoms with van der Waals surface area (Å²) in [7, 11) is 4.24. The first-order valence-electron chi connectivity index (χ1n) is 7.74. The van der Waals surface area contributed by atoms with Crippen molar-refractivity contribution >= 4 is 29.3 Å². The lowest BCUT2D eigenvalue weighted by Gasteiger charge is -2.31. The molecule has 0 aliphatic carbocycles. The number of thioether (sulfide) groups is 1. The quantitative estimate of drug-likeness (QED) is 0.793. The van der Waals surface area contributed by atoms with Crippen molar-refractivity contribution in [2.24, 2.45) is 0 Å². The lowest BCUT2D eigenvalue weighted by atomic mass is 9.91. The van der Waals surface area contributed by atoms with E-state index in [-0.39, 0.29) is 0 Å². The van der Waals surface area contributed by atoms with Crippen LogP contribution in [0.5, 0.6) is 0 Å². The number of hydrogen-bond acceptors (Lipinski definition) is 5. The highest BCUT2D eigenvalue weighted by atomic mass is 35.5. The highest BCUT2D eigenvalue weighted by Gasteiger charge is 2.40. The number of rotatable bonds is 4. The monoisotopic (exact) mass is 326 g/mol. The first kappa shape index (κ1) is 15.4. The molecule has 1 aromatic heterocycles. The molecule has 0 aromatic carbocycles. The lowest BCUT2D eigenvalue weighted by molar-refractivity contribution is 0.264. The van der Waals surface area contributed by atoms with E-state index in [4.69, 9.17) is 16.6 Å². The Morgan fingerprint density at radius 3 is 3.00 bits per heavy atom. The molecule has 1 saturated heterocycles. The van der Waals surface area contributed by atoms with Gasteiger partial charge < -0.3 is 9.80 Å². The van der Waals surface area contributed by atoms with Crippen molar-refractivity contribution in [3.8, 4) is 0 Å². The molecule has 4 nitrogen and oxygen atoms in total. The molecular weight excluding hydrogens is 304 g/mol. The maximum atomic E-state index is 6.50. The van der Waals surface area contributed by atoms with Crippen LogP contribution in [0.1, 0.15) is 37.7 Å². The number of piperidine rings is 1. The molecule has 21 heavy (non-hydrogen) atoms. The Kier molecular flexibility index (Phi) is 4.62. The average molecular weight is 327 g/mol. The van der Waals surface area contributed by atoms with E-state index >= 15 is 0 Å². The van der Waals surface area contributed by atoms with Crippen LogP contribution in [-0.2, 0) is 0 Å². The molecule has 0 saturated carbocycles. The zero-order chi connectivity index (χ0) is 15.0. The van der Waals surface area contributed by atoms with Gasteiger partial charge in [-0.2, -0.15) is 0 Å². The normalized spacial score (nSPS) is 24.8. The van der Waals surface area contributed by atoms with E-state index in [1.807, 2.05) is 18.8 Å². The minimum absolute atomic E-state index is 0.531. The second-order valence-corrected chi connectivity index (χ2v) is 7.71. The smallest absolute Gasteiger partial charge is 0.227 e. The SMILES string of the molecule is CCCCN(C)c1nc(Cl)c2c(n1)SC1CN(C)CCC21. The molecule has 1 fully saturated rings. The molecule has 2 atom stereocenters. The highest BCUT2D eigenvalue weighted by Crippen LogP contribution is 2.50. The molecule has 0 amide bonds. The summed E-state index contributed by atoms with van der Waals surface area (Å²) in [6, 6.07) is 0. The van der Waals surface area contributed by atoms with Crippen LogP contribution in [-0.4, -0.2) is 53.8 Å². The zero-order valence-electron chi connectivity index (χ0n) is 13.0. The number of nitrogens with zero attached hydrogens (tertiary/aromatic N) is 4. The Bertz CT molecular complexity index is 525. The number of fused-ring (bicyclic) bond motifs is 3. The summed E-state index contributed by atoms with van der Waals surface area (Å²) in [5, 5.41) is 2.36. The summed E-state index contributed by atoms with van der Waals surface area (Å²) < 4.78 is 0. The molecular formula is C15H23ClN4S. The fraction of sp³-hybridized carbons (Fsp3) is 0.733. The molecule has 3 heterocycles. The Morgan fingerprint density at radius 1 is 1.43 bits per heavy atom. The zero-order valence-corrected chi connectivity index (χ0v) is 14.5. The minimum Gasteiger partial charge on any atom is -0.344 e. The number of anilines is 1. The van der Waals surface area contributed by atoms with E-state index in [1.54, 1.807) is 0 Å². The van der Waals surface area contributed by atoms with Gasteiger partial charge in [-0.25, -0.2) is 9.97 Å². The van der Waals surface area contributed by atoms with Crippen LogP contribution < -0.4 is 4.90 Å². The van der Waals surface area contributed by atoms with E-state index < -0.39 is 0 Å². The molecule has 0 N–H and O–H groups in total. The van der Waals surface area contributed by atoms with Crippen molar-refractivity contribution in [2.75, 3.05) is 38.6 Å². The second kappa shape index (κ2) is 6.31. The molecule has 0 bridgehead atoms. The number of unbranched alkanes of at least 4 members (excludes halogenated alkanes) is 1.